The minimum absolute atomic E-state index is 0.0434. The number of rotatable bonds is 6. The molecule has 0 saturated carbocycles. The van der Waals surface area contributed by atoms with Crippen LogP contribution in [-0.2, 0) is 18.4 Å². The molecule has 0 spiro atoms. The fourth-order valence-electron chi connectivity index (χ4n) is 2.09. The molecule has 128 valence electrons. The van der Waals surface area contributed by atoms with Crippen LogP contribution in [0.5, 0.6) is 0 Å². The Morgan fingerprint density at radius 2 is 2.08 bits per heavy atom. The van der Waals surface area contributed by atoms with Crippen molar-refractivity contribution in [3.63, 3.8) is 0 Å². The van der Waals surface area contributed by atoms with Crippen LogP contribution >= 0.6 is 0 Å². The Hall–Kier alpha value is -3.24. The summed E-state index contributed by atoms with van der Waals surface area (Å²) in [5.74, 6) is -1.03. The molecule has 2 N–H and O–H groups in total. The predicted molar refractivity (Wildman–Crippen MR) is 83.5 cm³/mol. The summed E-state index contributed by atoms with van der Waals surface area (Å²) in [6.45, 7) is 1.85. The zero-order chi connectivity index (χ0) is 17.9. The third-order valence-electron chi connectivity index (χ3n) is 3.25. The fraction of sp³-hybridized carbons (Fsp3) is 0.385. The number of aryl methyl sites for hydroxylation is 3. The Kier molecular flexibility index (Phi) is 4.92. The Morgan fingerprint density at radius 1 is 1.38 bits per heavy atom. The largest absolute Gasteiger partial charge is 0.390 e. The molecule has 0 aromatic carbocycles. The topological polar surface area (TPSA) is 137 Å². The molecule has 0 aliphatic heterocycles. The van der Waals surface area contributed by atoms with Gasteiger partial charge in [0, 0.05) is 26.7 Å². The van der Waals surface area contributed by atoms with E-state index < -0.39 is 10.8 Å². The second-order valence-corrected chi connectivity index (χ2v) is 5.07. The molecular formula is C13H17N7O4. The van der Waals surface area contributed by atoms with Crippen molar-refractivity contribution in [3.8, 4) is 0 Å². The molecule has 2 rings (SSSR count). The van der Waals surface area contributed by atoms with Gasteiger partial charge < -0.3 is 20.7 Å². The Balaban J connectivity index is 2.02. The van der Waals surface area contributed by atoms with Crippen molar-refractivity contribution in [1.29, 1.82) is 0 Å². The van der Waals surface area contributed by atoms with E-state index in [2.05, 4.69) is 20.8 Å². The first kappa shape index (κ1) is 17.1. The Morgan fingerprint density at radius 3 is 2.67 bits per heavy atom. The van der Waals surface area contributed by atoms with Crippen molar-refractivity contribution in [1.82, 2.24) is 24.9 Å². The van der Waals surface area contributed by atoms with E-state index in [1.807, 2.05) is 0 Å². The highest BCUT2D eigenvalue weighted by molar-refractivity contribution is 6.02. The summed E-state index contributed by atoms with van der Waals surface area (Å²) >= 11 is 0. The number of aromatic nitrogens is 4. The van der Waals surface area contributed by atoms with Crippen molar-refractivity contribution in [2.75, 3.05) is 12.4 Å². The highest BCUT2D eigenvalue weighted by Crippen LogP contribution is 2.14. The molecule has 0 bridgehead atoms. The number of hydrogen-bond donors (Lipinski definition) is 2. The van der Waals surface area contributed by atoms with Crippen LogP contribution in [0.15, 0.2) is 12.3 Å². The van der Waals surface area contributed by atoms with Gasteiger partial charge in [0.15, 0.2) is 5.69 Å². The zero-order valence-corrected chi connectivity index (χ0v) is 13.4. The fourth-order valence-corrected chi connectivity index (χ4v) is 2.09. The van der Waals surface area contributed by atoms with Gasteiger partial charge in [0.2, 0.25) is 5.91 Å². The third-order valence-corrected chi connectivity index (χ3v) is 3.25. The zero-order valence-electron chi connectivity index (χ0n) is 13.4. The second kappa shape index (κ2) is 6.89. The van der Waals surface area contributed by atoms with E-state index in [4.69, 9.17) is 0 Å². The van der Waals surface area contributed by atoms with Gasteiger partial charge in [-0.3, -0.25) is 14.3 Å². The van der Waals surface area contributed by atoms with Crippen LogP contribution in [-0.4, -0.2) is 43.3 Å². The summed E-state index contributed by atoms with van der Waals surface area (Å²) < 4.78 is 2.81. The number of anilines is 1. The lowest BCUT2D eigenvalue weighted by atomic mass is 10.3. The number of nitro groups is 1. The van der Waals surface area contributed by atoms with Gasteiger partial charge >= 0.3 is 5.82 Å². The first-order chi connectivity index (χ1) is 11.3. The van der Waals surface area contributed by atoms with Gasteiger partial charge in [0.1, 0.15) is 0 Å². The lowest BCUT2D eigenvalue weighted by Gasteiger charge is -2.04. The van der Waals surface area contributed by atoms with E-state index >= 15 is 0 Å². The maximum atomic E-state index is 12.1. The molecule has 2 amide bonds. The second-order valence-electron chi connectivity index (χ2n) is 5.07. The first-order valence-electron chi connectivity index (χ1n) is 7.06. The van der Waals surface area contributed by atoms with E-state index in [9.17, 15) is 19.7 Å². The quantitative estimate of drug-likeness (QED) is 0.572. The minimum Gasteiger partial charge on any atom is -0.358 e. The van der Waals surface area contributed by atoms with Crippen LogP contribution in [0.4, 0.5) is 11.5 Å². The molecule has 2 aromatic rings. The monoisotopic (exact) mass is 335 g/mol. The molecule has 0 aliphatic rings. The van der Waals surface area contributed by atoms with Crippen LogP contribution in [0.25, 0.3) is 0 Å². The smallest absolute Gasteiger partial charge is 0.358 e. The van der Waals surface area contributed by atoms with Gasteiger partial charge in [-0.05, 0) is 11.8 Å². The van der Waals surface area contributed by atoms with E-state index in [1.54, 1.807) is 14.0 Å². The van der Waals surface area contributed by atoms with Crippen LogP contribution in [0.3, 0.4) is 0 Å². The van der Waals surface area contributed by atoms with Crippen molar-refractivity contribution < 1.29 is 14.5 Å². The standard InChI is InChI=1S/C13H17N7O4/c1-8-6-10(20(23)24)16-19(8)5-4-11(21)15-9-7-18(3)17-12(9)13(22)14-2/h6-7H,4-5H2,1-3H3,(H,14,22)(H,15,21). The summed E-state index contributed by atoms with van der Waals surface area (Å²) in [6, 6.07) is 1.34. The normalized spacial score (nSPS) is 10.5. The average Bonchev–Trinajstić information content (AvgIpc) is 3.07. The SMILES string of the molecule is CNC(=O)c1nn(C)cc1NC(=O)CCn1nc([N+](=O)[O-])cc1C. The number of carbonyl (C=O) groups excluding carboxylic acids is 2. The molecule has 11 heteroatoms. The Bertz CT molecular complexity index is 792. The molecule has 2 heterocycles. The predicted octanol–water partition coefficient (Wildman–Crippen LogP) is 0.222. The average molecular weight is 335 g/mol. The maximum absolute atomic E-state index is 12.1. The van der Waals surface area contributed by atoms with Gasteiger partial charge in [-0.25, -0.2) is 0 Å². The Labute approximate surface area is 136 Å². The minimum atomic E-state index is -0.588. The van der Waals surface area contributed by atoms with E-state index in [0.29, 0.717) is 11.4 Å². The van der Waals surface area contributed by atoms with Crippen molar-refractivity contribution in [2.45, 2.75) is 19.9 Å². The van der Waals surface area contributed by atoms with Crippen molar-refractivity contribution in [3.05, 3.63) is 33.8 Å². The molecule has 0 aliphatic carbocycles. The van der Waals surface area contributed by atoms with Gasteiger partial charge in [-0.1, -0.05) is 0 Å². The number of amides is 2. The number of carbonyl (C=O) groups is 2. The lowest BCUT2D eigenvalue weighted by Crippen LogP contribution is -2.22. The molecule has 0 atom stereocenters. The van der Waals surface area contributed by atoms with Gasteiger partial charge in [-0.15, -0.1) is 0 Å². The number of nitrogens with one attached hydrogen (secondary N) is 2. The summed E-state index contributed by atoms with van der Waals surface area (Å²) in [7, 11) is 3.10. The summed E-state index contributed by atoms with van der Waals surface area (Å²) in [5.41, 5.74) is 0.992. The summed E-state index contributed by atoms with van der Waals surface area (Å²) in [6.07, 6.45) is 1.56. The summed E-state index contributed by atoms with van der Waals surface area (Å²) in [5, 5.41) is 23.5. The number of hydrogen-bond acceptors (Lipinski definition) is 6. The van der Waals surface area contributed by atoms with E-state index in [0.717, 1.165) is 0 Å². The van der Waals surface area contributed by atoms with E-state index in [-0.39, 0.29) is 30.4 Å². The van der Waals surface area contributed by atoms with Crippen LogP contribution in [0, 0.1) is 17.0 Å². The van der Waals surface area contributed by atoms with Gasteiger partial charge in [0.05, 0.1) is 29.1 Å². The maximum Gasteiger partial charge on any atom is 0.390 e. The lowest BCUT2D eigenvalue weighted by molar-refractivity contribution is -0.389. The van der Waals surface area contributed by atoms with Crippen molar-refractivity contribution in [2.24, 2.45) is 7.05 Å². The molecule has 11 nitrogen and oxygen atoms in total. The van der Waals surface area contributed by atoms with Crippen LogP contribution in [0.1, 0.15) is 22.6 Å². The molecule has 24 heavy (non-hydrogen) atoms. The summed E-state index contributed by atoms with van der Waals surface area (Å²) in [4.78, 5) is 33.9. The molecule has 0 saturated heterocycles. The van der Waals surface area contributed by atoms with Crippen molar-refractivity contribution >= 4 is 23.3 Å². The first-order valence-corrected chi connectivity index (χ1v) is 7.06. The molecule has 0 fully saturated rings. The van der Waals surface area contributed by atoms with Crippen LogP contribution in [0.2, 0.25) is 0 Å². The highest BCUT2D eigenvalue weighted by Gasteiger charge is 2.19. The highest BCUT2D eigenvalue weighted by atomic mass is 16.6. The van der Waals surface area contributed by atoms with Crippen LogP contribution < -0.4 is 10.6 Å². The molecule has 2 aromatic heterocycles. The molecule has 0 unspecified atom stereocenters. The third kappa shape index (κ3) is 3.74. The molecular weight excluding hydrogens is 318 g/mol. The van der Waals surface area contributed by atoms with Gasteiger partial charge in [-0.2, -0.15) is 9.78 Å². The molecule has 0 radical (unpaired) electrons. The van der Waals surface area contributed by atoms with Gasteiger partial charge in [0.25, 0.3) is 5.91 Å². The van der Waals surface area contributed by atoms with E-state index in [1.165, 1.54) is 28.7 Å². The number of nitrogens with zero attached hydrogens (tertiary/aromatic N) is 5.